The van der Waals surface area contributed by atoms with Gasteiger partial charge in [-0.2, -0.15) is 0 Å². The molecule has 0 atom stereocenters. The van der Waals surface area contributed by atoms with Crippen LogP contribution in [0.3, 0.4) is 0 Å². The highest BCUT2D eigenvalue weighted by Crippen LogP contribution is 2.21. The molecule has 0 radical (unpaired) electrons. The van der Waals surface area contributed by atoms with Crippen molar-refractivity contribution in [3.63, 3.8) is 0 Å². The Labute approximate surface area is 121 Å². The number of nitrogens with zero attached hydrogens (tertiary/aromatic N) is 1. The van der Waals surface area contributed by atoms with Gasteiger partial charge in [-0.25, -0.2) is 0 Å². The molecule has 0 aromatic rings. The van der Waals surface area contributed by atoms with E-state index in [1.807, 2.05) is 6.08 Å². The number of hydrogen-bond acceptors (Lipinski definition) is 2. The summed E-state index contributed by atoms with van der Waals surface area (Å²) in [5.41, 5.74) is 1.28. The Bertz CT molecular complexity index is 246. The summed E-state index contributed by atoms with van der Waals surface area (Å²) in [5, 5.41) is 9.21. The van der Waals surface area contributed by atoms with Crippen LogP contribution in [0.25, 0.3) is 0 Å². The minimum Gasteiger partial charge on any atom is -0.513 e. The lowest BCUT2D eigenvalue weighted by Gasteiger charge is -2.14. The minimum atomic E-state index is 0.409. The van der Waals surface area contributed by atoms with Crippen LogP contribution in [0.2, 0.25) is 0 Å². The maximum atomic E-state index is 9.21. The van der Waals surface area contributed by atoms with Gasteiger partial charge in [-0.15, -0.1) is 0 Å². The van der Waals surface area contributed by atoms with Gasteiger partial charge >= 0.3 is 0 Å². The zero-order valence-electron chi connectivity index (χ0n) is 14.2. The first-order valence-electron chi connectivity index (χ1n) is 7.64. The van der Waals surface area contributed by atoms with E-state index in [4.69, 9.17) is 0 Å². The Morgan fingerprint density at radius 2 is 1.63 bits per heavy atom. The molecule has 0 saturated heterocycles. The van der Waals surface area contributed by atoms with E-state index in [1.54, 1.807) is 6.92 Å². The Morgan fingerprint density at radius 3 is 1.84 bits per heavy atom. The first kappa shape index (κ1) is 20.6. The van der Waals surface area contributed by atoms with Gasteiger partial charge < -0.3 is 10.0 Å². The van der Waals surface area contributed by atoms with Crippen molar-refractivity contribution in [3.05, 3.63) is 23.5 Å². The van der Waals surface area contributed by atoms with E-state index in [1.165, 1.54) is 18.5 Å². The summed E-state index contributed by atoms with van der Waals surface area (Å²) in [6.45, 7) is 11.6. The van der Waals surface area contributed by atoms with Gasteiger partial charge in [-0.05, 0) is 70.8 Å². The Balaban J connectivity index is 0. The molecule has 0 aromatic heterocycles. The van der Waals surface area contributed by atoms with E-state index in [2.05, 4.69) is 52.8 Å². The largest absolute Gasteiger partial charge is 0.513 e. The SMILES string of the molecule is CC/C=C(\C=C(/C)O)C(CC)CC.CCCN(C)C. The van der Waals surface area contributed by atoms with Crippen molar-refractivity contribution in [1.29, 1.82) is 0 Å². The molecule has 0 unspecified atom stereocenters. The molecule has 0 aliphatic rings. The van der Waals surface area contributed by atoms with Gasteiger partial charge in [0, 0.05) is 0 Å². The van der Waals surface area contributed by atoms with Gasteiger partial charge in [0.2, 0.25) is 0 Å². The summed E-state index contributed by atoms with van der Waals surface area (Å²) in [6.07, 6.45) is 8.68. The van der Waals surface area contributed by atoms with Crippen LogP contribution in [-0.2, 0) is 0 Å². The topological polar surface area (TPSA) is 23.5 Å². The molecule has 19 heavy (non-hydrogen) atoms. The van der Waals surface area contributed by atoms with Crippen molar-refractivity contribution in [3.8, 4) is 0 Å². The second kappa shape index (κ2) is 13.7. The summed E-state index contributed by atoms with van der Waals surface area (Å²) in [7, 11) is 4.17. The van der Waals surface area contributed by atoms with Crippen molar-refractivity contribution in [2.45, 2.75) is 60.3 Å². The smallest absolute Gasteiger partial charge is 0.0894 e. The number of aliphatic hydroxyl groups excluding tert-OH is 1. The van der Waals surface area contributed by atoms with Crippen LogP contribution in [0.15, 0.2) is 23.5 Å². The van der Waals surface area contributed by atoms with Crippen LogP contribution in [0, 0.1) is 5.92 Å². The first-order valence-corrected chi connectivity index (χ1v) is 7.64. The highest BCUT2D eigenvalue weighted by atomic mass is 16.3. The molecule has 1 N–H and O–H groups in total. The van der Waals surface area contributed by atoms with Crippen LogP contribution in [0.1, 0.15) is 60.3 Å². The van der Waals surface area contributed by atoms with Crippen LogP contribution < -0.4 is 0 Å². The van der Waals surface area contributed by atoms with Crippen LogP contribution >= 0.6 is 0 Å². The van der Waals surface area contributed by atoms with Gasteiger partial charge in [-0.1, -0.05) is 33.8 Å². The van der Waals surface area contributed by atoms with Gasteiger partial charge in [0.15, 0.2) is 0 Å². The molecular formula is C17H35NO. The van der Waals surface area contributed by atoms with Gasteiger partial charge in [0.25, 0.3) is 0 Å². The van der Waals surface area contributed by atoms with Crippen LogP contribution in [-0.4, -0.2) is 30.6 Å². The highest BCUT2D eigenvalue weighted by Gasteiger charge is 2.07. The molecular weight excluding hydrogens is 234 g/mol. The van der Waals surface area contributed by atoms with Crippen molar-refractivity contribution < 1.29 is 5.11 Å². The Kier molecular flexibility index (Phi) is 14.8. The summed E-state index contributed by atoms with van der Waals surface area (Å²) < 4.78 is 0. The van der Waals surface area contributed by atoms with Crippen molar-refractivity contribution in [2.75, 3.05) is 20.6 Å². The lowest BCUT2D eigenvalue weighted by atomic mass is 9.92. The molecule has 0 saturated carbocycles. The number of allylic oxidation sites excluding steroid dienone is 4. The zero-order valence-corrected chi connectivity index (χ0v) is 14.2. The molecule has 2 heteroatoms. The van der Waals surface area contributed by atoms with E-state index in [9.17, 15) is 5.11 Å². The Hall–Kier alpha value is -0.760. The number of rotatable bonds is 7. The van der Waals surface area contributed by atoms with Crippen molar-refractivity contribution in [1.82, 2.24) is 4.90 Å². The molecule has 0 amide bonds. The maximum absolute atomic E-state index is 9.21. The fourth-order valence-corrected chi connectivity index (χ4v) is 2.03. The van der Waals surface area contributed by atoms with Crippen LogP contribution in [0.4, 0.5) is 0 Å². The predicted molar refractivity (Wildman–Crippen MR) is 87.7 cm³/mol. The maximum Gasteiger partial charge on any atom is 0.0894 e. The van der Waals surface area contributed by atoms with E-state index < -0.39 is 0 Å². The molecule has 0 aromatic carbocycles. The van der Waals surface area contributed by atoms with Crippen molar-refractivity contribution in [2.24, 2.45) is 5.92 Å². The molecule has 0 spiro atoms. The molecule has 2 nitrogen and oxygen atoms in total. The quantitative estimate of drug-likeness (QED) is 0.508. The molecule has 114 valence electrons. The average Bonchev–Trinajstić information content (AvgIpc) is 2.30. The summed E-state index contributed by atoms with van der Waals surface area (Å²) in [4.78, 5) is 2.18. The molecule has 0 aliphatic carbocycles. The second-order valence-electron chi connectivity index (χ2n) is 5.21. The second-order valence-corrected chi connectivity index (χ2v) is 5.21. The third-order valence-electron chi connectivity index (χ3n) is 2.94. The van der Waals surface area contributed by atoms with E-state index in [0.29, 0.717) is 11.7 Å². The Morgan fingerprint density at radius 1 is 1.11 bits per heavy atom. The summed E-state index contributed by atoms with van der Waals surface area (Å²) in [6, 6.07) is 0. The number of hydrogen-bond donors (Lipinski definition) is 1. The predicted octanol–water partition coefficient (Wildman–Crippen LogP) is 5.18. The standard InChI is InChI=1S/C12H22O.C5H13N/c1-5-8-12(9-10(4)13)11(6-2)7-3;1-4-5-6(2)3/h8-9,11,13H,5-7H2,1-4H3;4-5H2,1-3H3/b10-9+,12-8+;. The van der Waals surface area contributed by atoms with Crippen molar-refractivity contribution >= 4 is 0 Å². The zero-order chi connectivity index (χ0) is 15.3. The van der Waals surface area contributed by atoms with E-state index in [-0.39, 0.29) is 0 Å². The average molecular weight is 269 g/mol. The molecule has 0 rings (SSSR count). The fourth-order valence-electron chi connectivity index (χ4n) is 2.03. The van der Waals surface area contributed by atoms with Gasteiger partial charge in [0.1, 0.15) is 0 Å². The van der Waals surface area contributed by atoms with E-state index >= 15 is 0 Å². The molecule has 0 bridgehead atoms. The van der Waals surface area contributed by atoms with E-state index in [0.717, 1.165) is 19.3 Å². The monoisotopic (exact) mass is 269 g/mol. The molecule has 0 fully saturated rings. The van der Waals surface area contributed by atoms with Gasteiger partial charge in [0.05, 0.1) is 5.76 Å². The summed E-state index contributed by atoms with van der Waals surface area (Å²) in [5.74, 6) is 1.01. The van der Waals surface area contributed by atoms with Gasteiger partial charge in [-0.3, -0.25) is 0 Å². The molecule has 0 aliphatic heterocycles. The molecule has 0 heterocycles. The minimum absolute atomic E-state index is 0.409. The van der Waals surface area contributed by atoms with Crippen LogP contribution in [0.5, 0.6) is 0 Å². The highest BCUT2D eigenvalue weighted by molar-refractivity contribution is 5.22. The first-order chi connectivity index (χ1) is 8.92. The third kappa shape index (κ3) is 13.5. The lowest BCUT2D eigenvalue weighted by molar-refractivity contribution is 0.408. The number of aliphatic hydroxyl groups is 1. The third-order valence-corrected chi connectivity index (χ3v) is 2.94. The fraction of sp³-hybridized carbons (Fsp3) is 0.765. The lowest BCUT2D eigenvalue weighted by Crippen LogP contribution is -2.11. The summed E-state index contributed by atoms with van der Waals surface area (Å²) >= 11 is 0. The normalized spacial score (nSPS) is 12.7.